The summed E-state index contributed by atoms with van der Waals surface area (Å²) in [6.07, 6.45) is 4.53. The number of halogens is 1. The number of rotatable bonds is 4. The topological polar surface area (TPSA) is 68.5 Å². The summed E-state index contributed by atoms with van der Waals surface area (Å²) in [5.74, 6) is -0.0576. The molecule has 7 heteroatoms. The number of ether oxygens (including phenoxy) is 1. The van der Waals surface area contributed by atoms with Crippen molar-refractivity contribution in [2.24, 2.45) is 0 Å². The Morgan fingerprint density at radius 1 is 1.59 bits per heavy atom. The first kappa shape index (κ1) is 13.2. The van der Waals surface area contributed by atoms with Crippen LogP contribution in [0.5, 0.6) is 5.88 Å². The number of methoxy groups -OCH3 is 1. The lowest BCUT2D eigenvalue weighted by atomic mass is 10.2. The third-order valence-electron chi connectivity index (χ3n) is 1.93. The highest BCUT2D eigenvalue weighted by molar-refractivity contribution is 6.32. The average molecular weight is 258 g/mol. The molecule has 1 rings (SSSR count). The molecule has 1 aromatic rings. The molecule has 0 N–H and O–H groups in total. The van der Waals surface area contributed by atoms with Crippen molar-refractivity contribution in [3.8, 4) is 5.88 Å². The van der Waals surface area contributed by atoms with Crippen LogP contribution in [0.25, 0.3) is 6.08 Å². The molecule has 0 atom stereocenters. The normalized spacial score (nSPS) is 10.6. The van der Waals surface area contributed by atoms with Crippen LogP contribution in [-0.4, -0.2) is 36.0 Å². The van der Waals surface area contributed by atoms with Crippen molar-refractivity contribution in [2.75, 3.05) is 21.2 Å². The second-order valence-corrected chi connectivity index (χ2v) is 3.82. The van der Waals surface area contributed by atoms with Gasteiger partial charge in [0.25, 0.3) is 5.88 Å². The smallest absolute Gasteiger partial charge is 0.339 e. The molecule has 6 nitrogen and oxygen atoms in total. The molecule has 0 unspecified atom stereocenters. The lowest BCUT2D eigenvalue weighted by Crippen LogP contribution is -2.02. The molecule has 0 spiro atoms. The van der Waals surface area contributed by atoms with Crippen molar-refractivity contribution in [3.63, 3.8) is 0 Å². The minimum atomic E-state index is -0.562. The maximum absolute atomic E-state index is 11.0. The van der Waals surface area contributed by atoms with E-state index < -0.39 is 4.92 Å². The van der Waals surface area contributed by atoms with E-state index in [1.54, 1.807) is 31.3 Å². The summed E-state index contributed by atoms with van der Waals surface area (Å²) in [5.41, 5.74) is 0.0373. The first-order valence-electron chi connectivity index (χ1n) is 4.69. The van der Waals surface area contributed by atoms with E-state index in [0.29, 0.717) is 0 Å². The van der Waals surface area contributed by atoms with E-state index in [1.807, 2.05) is 0 Å². The maximum atomic E-state index is 11.0. The van der Waals surface area contributed by atoms with Crippen LogP contribution < -0.4 is 4.74 Å². The Kier molecular flexibility index (Phi) is 4.28. The molecule has 0 saturated heterocycles. The minimum absolute atomic E-state index is 0.0576. The zero-order valence-corrected chi connectivity index (χ0v) is 10.4. The highest BCUT2D eigenvalue weighted by atomic mass is 35.5. The summed E-state index contributed by atoms with van der Waals surface area (Å²) in [7, 11) is 4.92. The summed E-state index contributed by atoms with van der Waals surface area (Å²) in [4.78, 5) is 15.9. The van der Waals surface area contributed by atoms with E-state index in [2.05, 4.69) is 4.98 Å². The molecule has 0 amide bonds. The van der Waals surface area contributed by atoms with E-state index >= 15 is 0 Å². The van der Waals surface area contributed by atoms with Crippen LogP contribution in [0.2, 0.25) is 5.02 Å². The molecule has 1 heterocycles. The highest BCUT2D eigenvalue weighted by Gasteiger charge is 2.23. The molecule has 1 aromatic heterocycles. The van der Waals surface area contributed by atoms with Crippen LogP contribution in [0.4, 0.5) is 5.69 Å². The lowest BCUT2D eigenvalue weighted by Gasteiger charge is -2.07. The molecule has 0 radical (unpaired) electrons. The Bertz CT molecular complexity index is 460. The molecule has 92 valence electrons. The Morgan fingerprint density at radius 2 is 2.24 bits per heavy atom. The van der Waals surface area contributed by atoms with Gasteiger partial charge in [-0.3, -0.25) is 10.1 Å². The van der Waals surface area contributed by atoms with Gasteiger partial charge in [-0.1, -0.05) is 11.6 Å². The first-order chi connectivity index (χ1) is 7.97. The van der Waals surface area contributed by atoms with Gasteiger partial charge < -0.3 is 9.64 Å². The average Bonchev–Trinajstić information content (AvgIpc) is 2.26. The molecule has 0 aromatic carbocycles. The zero-order valence-electron chi connectivity index (χ0n) is 9.68. The summed E-state index contributed by atoms with van der Waals surface area (Å²) in [6, 6.07) is 0. The van der Waals surface area contributed by atoms with Crippen molar-refractivity contribution in [3.05, 3.63) is 33.1 Å². The van der Waals surface area contributed by atoms with E-state index in [4.69, 9.17) is 16.3 Å². The SMILES string of the molecule is COc1ncc(Cl)c(C=CN(C)C)c1[N+](=O)[O-]. The summed E-state index contributed by atoms with van der Waals surface area (Å²) < 4.78 is 4.85. The molecular formula is C10H12ClN3O3. The van der Waals surface area contributed by atoms with Crippen LogP contribution in [0.3, 0.4) is 0 Å². The third-order valence-corrected chi connectivity index (χ3v) is 2.23. The van der Waals surface area contributed by atoms with Gasteiger partial charge in [-0.2, -0.15) is 0 Å². The molecule has 17 heavy (non-hydrogen) atoms. The quantitative estimate of drug-likeness (QED) is 0.611. The number of hydrogen-bond acceptors (Lipinski definition) is 5. The predicted molar refractivity (Wildman–Crippen MR) is 65.2 cm³/mol. The first-order valence-corrected chi connectivity index (χ1v) is 5.06. The minimum Gasteiger partial charge on any atom is -0.476 e. The van der Waals surface area contributed by atoms with Crippen LogP contribution in [0.1, 0.15) is 5.56 Å². The van der Waals surface area contributed by atoms with E-state index in [0.717, 1.165) is 0 Å². The van der Waals surface area contributed by atoms with Gasteiger partial charge >= 0.3 is 5.69 Å². The lowest BCUT2D eigenvalue weighted by molar-refractivity contribution is -0.386. The van der Waals surface area contributed by atoms with E-state index in [-0.39, 0.29) is 22.2 Å². The molecule has 0 saturated carbocycles. The molecular weight excluding hydrogens is 246 g/mol. The van der Waals surface area contributed by atoms with Gasteiger partial charge in [0.05, 0.1) is 28.8 Å². The Hall–Kier alpha value is -1.82. The van der Waals surface area contributed by atoms with Gasteiger partial charge in [-0.25, -0.2) is 4.98 Å². The van der Waals surface area contributed by atoms with E-state index in [1.165, 1.54) is 13.3 Å². The number of pyridine rings is 1. The highest BCUT2D eigenvalue weighted by Crippen LogP contribution is 2.34. The Morgan fingerprint density at radius 3 is 2.71 bits per heavy atom. The van der Waals surface area contributed by atoms with Crippen molar-refractivity contribution >= 4 is 23.4 Å². The summed E-state index contributed by atoms with van der Waals surface area (Å²) in [6.45, 7) is 0. The van der Waals surface area contributed by atoms with Crippen molar-refractivity contribution < 1.29 is 9.66 Å². The molecule has 0 aliphatic carbocycles. The third kappa shape index (κ3) is 3.07. The van der Waals surface area contributed by atoms with Crippen LogP contribution >= 0.6 is 11.6 Å². The Balaban J connectivity index is 3.39. The van der Waals surface area contributed by atoms with Crippen molar-refractivity contribution in [1.82, 2.24) is 9.88 Å². The Labute approximate surface area is 104 Å². The standard InChI is InChI=1S/C10H12ClN3O3/c1-13(2)5-4-7-8(11)6-12-10(17-3)9(7)14(15)16/h4-6H,1-3H3. The molecule has 0 aliphatic rings. The zero-order chi connectivity index (χ0) is 13.0. The van der Waals surface area contributed by atoms with E-state index in [9.17, 15) is 10.1 Å². The maximum Gasteiger partial charge on any atom is 0.339 e. The van der Waals surface area contributed by atoms with Crippen LogP contribution in [0, 0.1) is 10.1 Å². The van der Waals surface area contributed by atoms with Gasteiger partial charge in [-0.05, 0) is 12.3 Å². The summed E-state index contributed by atoms with van der Waals surface area (Å²) in [5, 5.41) is 11.2. The second kappa shape index (κ2) is 5.49. The van der Waals surface area contributed by atoms with Gasteiger partial charge in [0.2, 0.25) is 0 Å². The van der Waals surface area contributed by atoms with Crippen LogP contribution in [-0.2, 0) is 0 Å². The second-order valence-electron chi connectivity index (χ2n) is 3.41. The van der Waals surface area contributed by atoms with Gasteiger partial charge in [-0.15, -0.1) is 0 Å². The van der Waals surface area contributed by atoms with Gasteiger partial charge in [0, 0.05) is 14.1 Å². The summed E-state index contributed by atoms with van der Waals surface area (Å²) >= 11 is 5.89. The van der Waals surface area contributed by atoms with Crippen molar-refractivity contribution in [2.45, 2.75) is 0 Å². The number of aromatic nitrogens is 1. The van der Waals surface area contributed by atoms with Gasteiger partial charge in [0.1, 0.15) is 0 Å². The van der Waals surface area contributed by atoms with Gasteiger partial charge in [0.15, 0.2) is 0 Å². The fourth-order valence-corrected chi connectivity index (χ4v) is 1.38. The van der Waals surface area contributed by atoms with Crippen molar-refractivity contribution in [1.29, 1.82) is 0 Å². The predicted octanol–water partition coefficient (Wildman–Crippen LogP) is 2.18. The largest absolute Gasteiger partial charge is 0.476 e. The monoisotopic (exact) mass is 257 g/mol. The number of hydrogen-bond donors (Lipinski definition) is 0. The molecule has 0 aliphatic heterocycles. The fourth-order valence-electron chi connectivity index (χ4n) is 1.18. The van der Waals surface area contributed by atoms with Crippen LogP contribution in [0.15, 0.2) is 12.4 Å². The molecule has 0 bridgehead atoms. The number of nitrogens with zero attached hydrogens (tertiary/aromatic N) is 3. The number of nitro groups is 1. The molecule has 0 fully saturated rings. The fraction of sp³-hybridized carbons (Fsp3) is 0.300.